The number of hydrogen-bond donors (Lipinski definition) is 0. The molecule has 0 unspecified atom stereocenters. The Hall–Kier alpha value is -2.23. The molecule has 1 radical (unpaired) electrons. The van der Waals surface area contributed by atoms with Crippen molar-refractivity contribution in [3.63, 3.8) is 0 Å². The number of benzene rings is 1. The number of halogens is 2. The van der Waals surface area contributed by atoms with Crippen LogP contribution in [0.1, 0.15) is 5.69 Å². The van der Waals surface area contributed by atoms with Crippen molar-refractivity contribution in [1.82, 2.24) is 9.38 Å². The molecule has 0 bridgehead atoms. The lowest BCUT2D eigenvalue weighted by atomic mass is 10.1. The van der Waals surface area contributed by atoms with Crippen molar-refractivity contribution in [3.05, 3.63) is 60.1 Å². The van der Waals surface area contributed by atoms with E-state index in [-0.39, 0.29) is 11.2 Å². The highest BCUT2D eigenvalue weighted by molar-refractivity contribution is 5.65. The topological polar surface area (TPSA) is 17.3 Å². The average Bonchev–Trinajstić information content (AvgIpc) is 2.71. The van der Waals surface area contributed by atoms with Crippen LogP contribution in [0.4, 0.5) is 8.78 Å². The monoisotopic (exact) mass is 243 g/mol. The van der Waals surface area contributed by atoms with Gasteiger partial charge in [-0.1, -0.05) is 12.1 Å². The molecule has 2 aromatic heterocycles. The molecule has 3 aromatic rings. The van der Waals surface area contributed by atoms with Crippen LogP contribution in [0, 0.1) is 24.6 Å². The molecule has 0 saturated heterocycles. The third kappa shape index (κ3) is 1.66. The first kappa shape index (κ1) is 10.9. The number of rotatable bonds is 1. The summed E-state index contributed by atoms with van der Waals surface area (Å²) in [5.41, 5.74) is 1.65. The highest BCUT2D eigenvalue weighted by atomic mass is 19.1. The second kappa shape index (κ2) is 3.91. The fraction of sp³-hybridized carbons (Fsp3) is 0.0714. The van der Waals surface area contributed by atoms with Gasteiger partial charge in [0.2, 0.25) is 0 Å². The second-order valence-electron chi connectivity index (χ2n) is 4.08. The number of aromatic nitrogens is 2. The van der Waals surface area contributed by atoms with Gasteiger partial charge in [0, 0.05) is 23.5 Å². The van der Waals surface area contributed by atoms with Crippen LogP contribution in [-0.4, -0.2) is 9.38 Å². The highest BCUT2D eigenvalue weighted by Gasteiger charge is 2.10. The van der Waals surface area contributed by atoms with Crippen LogP contribution in [-0.2, 0) is 0 Å². The van der Waals surface area contributed by atoms with Gasteiger partial charge in [-0.3, -0.25) is 0 Å². The first-order valence-electron chi connectivity index (χ1n) is 5.46. The van der Waals surface area contributed by atoms with E-state index in [1.165, 1.54) is 12.1 Å². The summed E-state index contributed by atoms with van der Waals surface area (Å²) in [6.45, 7) is 1.78. The Balaban J connectivity index is 2.28. The average molecular weight is 243 g/mol. The summed E-state index contributed by atoms with van der Waals surface area (Å²) in [6.07, 6.45) is 3.34. The molecule has 89 valence electrons. The van der Waals surface area contributed by atoms with Crippen LogP contribution in [0.25, 0.3) is 16.8 Å². The quantitative estimate of drug-likeness (QED) is 0.640. The van der Waals surface area contributed by atoms with E-state index in [2.05, 4.69) is 11.1 Å². The molecule has 2 nitrogen and oxygen atoms in total. The zero-order valence-corrected chi connectivity index (χ0v) is 9.61. The molecule has 4 heteroatoms. The lowest BCUT2D eigenvalue weighted by Gasteiger charge is -2.04. The normalized spacial score (nSPS) is 11.1. The van der Waals surface area contributed by atoms with Crippen molar-refractivity contribution in [1.29, 1.82) is 0 Å². The van der Waals surface area contributed by atoms with Crippen molar-refractivity contribution < 1.29 is 8.78 Å². The van der Waals surface area contributed by atoms with E-state index in [0.29, 0.717) is 11.3 Å². The molecule has 0 spiro atoms. The maximum absolute atomic E-state index is 13.9. The lowest BCUT2D eigenvalue weighted by molar-refractivity contribution is 0.625. The van der Waals surface area contributed by atoms with E-state index in [0.717, 1.165) is 0 Å². The SMILES string of the molecule is Cc1cn2cc(-c3[c]cccc3F)cc(F)c2n1. The molecule has 0 aliphatic rings. The van der Waals surface area contributed by atoms with E-state index in [1.54, 1.807) is 35.9 Å². The minimum Gasteiger partial charge on any atom is -0.304 e. The predicted molar refractivity (Wildman–Crippen MR) is 64.1 cm³/mol. The third-order valence-electron chi connectivity index (χ3n) is 2.72. The van der Waals surface area contributed by atoms with Gasteiger partial charge >= 0.3 is 0 Å². The number of pyridine rings is 1. The van der Waals surface area contributed by atoms with Crippen LogP contribution in [0.2, 0.25) is 0 Å². The van der Waals surface area contributed by atoms with Gasteiger partial charge in [0.25, 0.3) is 0 Å². The smallest absolute Gasteiger partial charge is 0.173 e. The molecule has 18 heavy (non-hydrogen) atoms. The highest BCUT2D eigenvalue weighted by Crippen LogP contribution is 2.24. The van der Waals surface area contributed by atoms with E-state index < -0.39 is 11.6 Å². The van der Waals surface area contributed by atoms with Crippen LogP contribution < -0.4 is 0 Å². The van der Waals surface area contributed by atoms with E-state index in [4.69, 9.17) is 0 Å². The van der Waals surface area contributed by atoms with Gasteiger partial charge in [0.1, 0.15) is 5.82 Å². The van der Waals surface area contributed by atoms with Gasteiger partial charge in [-0.25, -0.2) is 13.8 Å². The van der Waals surface area contributed by atoms with E-state index in [9.17, 15) is 8.78 Å². The van der Waals surface area contributed by atoms with Gasteiger partial charge in [0.05, 0.1) is 5.69 Å². The summed E-state index contributed by atoms with van der Waals surface area (Å²) in [5.74, 6) is -0.898. The first-order chi connectivity index (χ1) is 8.65. The van der Waals surface area contributed by atoms with Gasteiger partial charge in [-0.05, 0) is 25.1 Å². The molecular weight excluding hydrogens is 234 g/mol. The molecule has 0 fully saturated rings. The molecule has 0 aliphatic carbocycles. The van der Waals surface area contributed by atoms with Gasteiger partial charge in [-0.15, -0.1) is 0 Å². The molecular formula is C14H9F2N2. The Morgan fingerprint density at radius 2 is 2.06 bits per heavy atom. The summed E-state index contributed by atoms with van der Waals surface area (Å²) in [5, 5.41) is 0. The Morgan fingerprint density at radius 3 is 2.83 bits per heavy atom. The molecule has 0 N–H and O–H groups in total. The third-order valence-corrected chi connectivity index (χ3v) is 2.72. The fourth-order valence-corrected chi connectivity index (χ4v) is 1.95. The summed E-state index contributed by atoms with van der Waals surface area (Å²) in [6, 6.07) is 8.52. The number of fused-ring (bicyclic) bond motifs is 1. The maximum atomic E-state index is 13.9. The van der Waals surface area contributed by atoms with Crippen LogP contribution in [0.5, 0.6) is 0 Å². The molecule has 3 rings (SSSR count). The van der Waals surface area contributed by atoms with Crippen molar-refractivity contribution in [2.24, 2.45) is 0 Å². The van der Waals surface area contributed by atoms with Crippen molar-refractivity contribution in [2.45, 2.75) is 6.92 Å². The minimum absolute atomic E-state index is 0.243. The van der Waals surface area contributed by atoms with Crippen LogP contribution in [0.3, 0.4) is 0 Å². The number of hydrogen-bond acceptors (Lipinski definition) is 1. The minimum atomic E-state index is -0.475. The maximum Gasteiger partial charge on any atom is 0.173 e. The molecule has 0 amide bonds. The Kier molecular flexibility index (Phi) is 2.37. The number of imidazole rings is 1. The Labute approximate surface area is 103 Å². The van der Waals surface area contributed by atoms with E-state index in [1.807, 2.05) is 0 Å². The molecule has 0 atom stereocenters. The number of nitrogens with zero attached hydrogens (tertiary/aromatic N) is 2. The van der Waals surface area contributed by atoms with E-state index >= 15 is 0 Å². The van der Waals surface area contributed by atoms with Crippen LogP contribution in [0.15, 0.2) is 36.7 Å². The predicted octanol–water partition coefficient (Wildman–Crippen LogP) is 3.39. The largest absolute Gasteiger partial charge is 0.304 e. The summed E-state index contributed by atoms with van der Waals surface area (Å²) < 4.78 is 29.0. The molecule has 0 aliphatic heterocycles. The zero-order chi connectivity index (χ0) is 12.7. The standard InChI is InChI=1S/C14H9F2N2/c1-9-7-18-8-10(6-13(16)14(18)17-9)11-4-2-3-5-12(11)15/h2-3,5-8H,1H3. The molecule has 1 aromatic carbocycles. The molecule has 0 saturated carbocycles. The Bertz CT molecular complexity index is 732. The van der Waals surface area contributed by atoms with Gasteiger partial charge in [-0.2, -0.15) is 0 Å². The summed E-state index contributed by atoms with van der Waals surface area (Å²) >= 11 is 0. The van der Waals surface area contributed by atoms with Crippen LogP contribution >= 0.6 is 0 Å². The van der Waals surface area contributed by atoms with Crippen molar-refractivity contribution in [3.8, 4) is 11.1 Å². The van der Waals surface area contributed by atoms with Crippen molar-refractivity contribution in [2.75, 3.05) is 0 Å². The van der Waals surface area contributed by atoms with Crippen molar-refractivity contribution >= 4 is 5.65 Å². The Morgan fingerprint density at radius 1 is 1.22 bits per heavy atom. The summed E-state index contributed by atoms with van der Waals surface area (Å²) in [7, 11) is 0. The lowest BCUT2D eigenvalue weighted by Crippen LogP contribution is -1.92. The second-order valence-corrected chi connectivity index (χ2v) is 4.08. The summed E-state index contributed by atoms with van der Waals surface area (Å²) in [4.78, 5) is 4.05. The fourth-order valence-electron chi connectivity index (χ4n) is 1.95. The molecule has 2 heterocycles. The first-order valence-corrected chi connectivity index (χ1v) is 5.46. The van der Waals surface area contributed by atoms with Gasteiger partial charge in [0.15, 0.2) is 11.5 Å². The zero-order valence-electron chi connectivity index (χ0n) is 9.61. The number of aryl methyl sites for hydroxylation is 1. The van der Waals surface area contributed by atoms with Gasteiger partial charge < -0.3 is 4.40 Å².